The van der Waals surface area contributed by atoms with Gasteiger partial charge in [-0.3, -0.25) is 4.72 Å². The molecule has 2 aromatic carbocycles. The maximum absolute atomic E-state index is 12.6. The van der Waals surface area contributed by atoms with Crippen molar-refractivity contribution in [1.82, 2.24) is 0 Å². The van der Waals surface area contributed by atoms with Gasteiger partial charge in [0.05, 0.1) is 24.3 Å². The zero-order chi connectivity index (χ0) is 20.9. The van der Waals surface area contributed by atoms with Gasteiger partial charge in [0.25, 0.3) is 10.0 Å². The topological polar surface area (TPSA) is 108 Å². The Labute approximate surface area is 168 Å². The van der Waals surface area contributed by atoms with Crippen LogP contribution in [0.4, 0.5) is 5.69 Å². The van der Waals surface area contributed by atoms with E-state index in [4.69, 9.17) is 14.2 Å². The molecule has 152 valence electrons. The third kappa shape index (κ3) is 5.14. The van der Waals surface area contributed by atoms with Gasteiger partial charge < -0.3 is 14.2 Å². The number of methoxy groups -OCH3 is 1. The largest absolute Gasteiger partial charge is 0.495 e. The Balaban J connectivity index is 1.66. The molecule has 0 radical (unpaired) electrons. The normalized spacial score (nSPS) is 16.4. The number of rotatable bonds is 7. The van der Waals surface area contributed by atoms with E-state index in [0.29, 0.717) is 23.4 Å². The average Bonchev–Trinajstić information content (AvgIpc) is 3.11. The second-order valence-corrected chi connectivity index (χ2v) is 7.77. The van der Waals surface area contributed by atoms with Crippen LogP contribution >= 0.6 is 0 Å². The highest BCUT2D eigenvalue weighted by atomic mass is 32.2. The number of ether oxygens (including phenoxy) is 3. The molecular weight excluding hydrogens is 398 g/mol. The van der Waals surface area contributed by atoms with Crippen molar-refractivity contribution in [2.45, 2.75) is 17.4 Å². The van der Waals surface area contributed by atoms with E-state index in [9.17, 15) is 18.0 Å². The minimum atomic E-state index is -3.81. The van der Waals surface area contributed by atoms with Crippen LogP contribution in [-0.4, -0.2) is 40.2 Å². The molecule has 2 aromatic rings. The predicted molar refractivity (Wildman–Crippen MR) is 105 cm³/mol. The van der Waals surface area contributed by atoms with Crippen LogP contribution in [0.25, 0.3) is 6.08 Å². The maximum atomic E-state index is 12.6. The van der Waals surface area contributed by atoms with Crippen molar-refractivity contribution in [3.63, 3.8) is 0 Å². The molecule has 29 heavy (non-hydrogen) atoms. The van der Waals surface area contributed by atoms with Crippen LogP contribution in [-0.2, 0) is 29.1 Å². The van der Waals surface area contributed by atoms with Gasteiger partial charge >= 0.3 is 11.9 Å². The second kappa shape index (κ2) is 8.78. The third-order valence-electron chi connectivity index (χ3n) is 4.10. The molecule has 9 heteroatoms. The molecular formula is C20H19NO7S. The molecule has 8 nitrogen and oxygen atoms in total. The van der Waals surface area contributed by atoms with Crippen molar-refractivity contribution in [2.75, 3.05) is 18.4 Å². The summed E-state index contributed by atoms with van der Waals surface area (Å²) in [6.07, 6.45) is 2.10. The highest BCUT2D eigenvalue weighted by Crippen LogP contribution is 2.26. The first-order valence-corrected chi connectivity index (χ1v) is 10.2. The average molecular weight is 417 g/mol. The highest BCUT2D eigenvalue weighted by Gasteiger charge is 2.29. The number of esters is 2. The summed E-state index contributed by atoms with van der Waals surface area (Å²) in [5, 5.41) is 0. The van der Waals surface area contributed by atoms with E-state index in [1.54, 1.807) is 36.4 Å². The number of sulfonamides is 1. The van der Waals surface area contributed by atoms with Crippen LogP contribution in [0.5, 0.6) is 5.75 Å². The van der Waals surface area contributed by atoms with Gasteiger partial charge in [-0.15, -0.1) is 0 Å². The molecule has 0 bridgehead atoms. The molecule has 0 aromatic heterocycles. The van der Waals surface area contributed by atoms with E-state index in [1.807, 2.05) is 0 Å². The number of carbonyl (C=O) groups excluding carboxylic acids is 2. The zero-order valence-electron chi connectivity index (χ0n) is 15.5. The van der Waals surface area contributed by atoms with Gasteiger partial charge in [-0.2, -0.15) is 0 Å². The fraction of sp³-hybridized carbons (Fsp3) is 0.200. The number of cyclic esters (lactones) is 1. The number of benzene rings is 2. The molecule has 1 atom stereocenters. The van der Waals surface area contributed by atoms with Crippen LogP contribution in [0, 0.1) is 0 Å². The quantitative estimate of drug-likeness (QED) is 0.544. The van der Waals surface area contributed by atoms with Gasteiger partial charge in [-0.25, -0.2) is 18.0 Å². The van der Waals surface area contributed by atoms with Crippen molar-refractivity contribution < 1.29 is 32.2 Å². The summed E-state index contributed by atoms with van der Waals surface area (Å²) in [6.45, 7) is 0.235. The first kappa shape index (κ1) is 20.4. The molecule has 0 aliphatic carbocycles. The Bertz CT molecular complexity index is 1030. The molecule has 1 saturated heterocycles. The molecule has 1 aliphatic rings. The van der Waals surface area contributed by atoms with Crippen molar-refractivity contribution in [2.24, 2.45) is 0 Å². The SMILES string of the molecule is COc1ccccc1NS(=O)(=O)c1ccc(/C=C/C(=O)O[C@@H]2CCOC2=O)cc1. The summed E-state index contributed by atoms with van der Waals surface area (Å²) < 4.78 is 42.5. The van der Waals surface area contributed by atoms with Gasteiger partial charge in [-0.05, 0) is 35.9 Å². The molecule has 1 aliphatic heterocycles. The minimum absolute atomic E-state index is 0.0526. The lowest BCUT2D eigenvalue weighted by Gasteiger charge is -2.11. The summed E-state index contributed by atoms with van der Waals surface area (Å²) in [4.78, 5) is 23.1. The number of hydrogen-bond acceptors (Lipinski definition) is 7. The van der Waals surface area contributed by atoms with E-state index in [1.165, 1.54) is 31.4 Å². The summed E-state index contributed by atoms with van der Waals surface area (Å²) in [7, 11) is -2.36. The molecule has 1 fully saturated rings. The van der Waals surface area contributed by atoms with Gasteiger partial charge in [0, 0.05) is 12.5 Å². The second-order valence-electron chi connectivity index (χ2n) is 6.09. The summed E-state index contributed by atoms with van der Waals surface area (Å²) in [6, 6.07) is 12.6. The summed E-state index contributed by atoms with van der Waals surface area (Å²) >= 11 is 0. The standard InChI is InChI=1S/C20H19NO7S/c1-26-17-5-3-2-4-16(17)21-29(24,25)15-9-6-14(7-10-15)8-11-19(22)28-18-12-13-27-20(18)23/h2-11,18,21H,12-13H2,1H3/b11-8+/t18-/m1/s1. The molecule has 0 amide bonds. The Morgan fingerprint density at radius 2 is 1.90 bits per heavy atom. The lowest BCUT2D eigenvalue weighted by Crippen LogP contribution is -2.21. The molecule has 1 N–H and O–H groups in total. The lowest BCUT2D eigenvalue weighted by molar-refractivity contribution is -0.156. The number of carbonyl (C=O) groups is 2. The summed E-state index contributed by atoms with van der Waals surface area (Å²) in [5.41, 5.74) is 0.916. The van der Waals surface area contributed by atoms with Crippen LogP contribution in [0.3, 0.4) is 0 Å². The molecule has 0 saturated carbocycles. The summed E-state index contributed by atoms with van der Waals surface area (Å²) in [5.74, 6) is -0.826. The highest BCUT2D eigenvalue weighted by molar-refractivity contribution is 7.92. The first-order valence-electron chi connectivity index (χ1n) is 8.70. The van der Waals surface area contributed by atoms with Crippen LogP contribution in [0.15, 0.2) is 59.5 Å². The molecule has 3 rings (SSSR count). The Kier molecular flexibility index (Phi) is 6.18. The fourth-order valence-electron chi connectivity index (χ4n) is 2.62. The van der Waals surface area contributed by atoms with Crippen molar-refractivity contribution in [1.29, 1.82) is 0 Å². The number of nitrogens with one attached hydrogen (secondary N) is 1. The van der Waals surface area contributed by atoms with Crippen molar-refractivity contribution in [3.05, 3.63) is 60.2 Å². The van der Waals surface area contributed by atoms with Crippen LogP contribution < -0.4 is 9.46 Å². The Hall–Kier alpha value is -3.33. The van der Waals surface area contributed by atoms with Gasteiger partial charge in [0.2, 0.25) is 6.10 Å². The van der Waals surface area contributed by atoms with Crippen molar-refractivity contribution >= 4 is 33.7 Å². The number of anilines is 1. The van der Waals surface area contributed by atoms with E-state index in [-0.39, 0.29) is 11.5 Å². The van der Waals surface area contributed by atoms with Gasteiger partial charge in [0.15, 0.2) is 0 Å². The number of hydrogen-bond donors (Lipinski definition) is 1. The third-order valence-corrected chi connectivity index (χ3v) is 5.48. The first-order chi connectivity index (χ1) is 13.9. The Morgan fingerprint density at radius 1 is 1.17 bits per heavy atom. The van der Waals surface area contributed by atoms with E-state index in [0.717, 1.165) is 0 Å². The minimum Gasteiger partial charge on any atom is -0.495 e. The van der Waals surface area contributed by atoms with E-state index >= 15 is 0 Å². The monoisotopic (exact) mass is 417 g/mol. The van der Waals surface area contributed by atoms with E-state index < -0.39 is 28.1 Å². The predicted octanol–water partition coefficient (Wildman–Crippen LogP) is 2.37. The van der Waals surface area contributed by atoms with Crippen LogP contribution in [0.2, 0.25) is 0 Å². The zero-order valence-corrected chi connectivity index (χ0v) is 16.3. The molecule has 0 unspecified atom stereocenters. The van der Waals surface area contributed by atoms with E-state index in [2.05, 4.69) is 4.72 Å². The molecule has 0 spiro atoms. The smallest absolute Gasteiger partial charge is 0.347 e. The van der Waals surface area contributed by atoms with Gasteiger partial charge in [-0.1, -0.05) is 24.3 Å². The fourth-order valence-corrected chi connectivity index (χ4v) is 3.69. The maximum Gasteiger partial charge on any atom is 0.347 e. The van der Waals surface area contributed by atoms with Crippen LogP contribution in [0.1, 0.15) is 12.0 Å². The van der Waals surface area contributed by atoms with Gasteiger partial charge in [0.1, 0.15) is 5.75 Å². The van der Waals surface area contributed by atoms with Crippen molar-refractivity contribution in [3.8, 4) is 5.75 Å². The molecule has 1 heterocycles. The number of para-hydroxylation sites is 2. The lowest BCUT2D eigenvalue weighted by atomic mass is 10.2. The Morgan fingerprint density at radius 3 is 2.55 bits per heavy atom.